The average molecular weight is 289 g/mol. The number of hydrogen-bond donors (Lipinski definition) is 1. The van der Waals surface area contributed by atoms with E-state index < -0.39 is 12.7 Å². The van der Waals surface area contributed by atoms with Crippen molar-refractivity contribution in [2.24, 2.45) is 0 Å². The smallest absolute Gasteiger partial charge is 0.348 e. The van der Waals surface area contributed by atoms with Gasteiger partial charge in [-0.05, 0) is 31.5 Å². The summed E-state index contributed by atoms with van der Waals surface area (Å²) in [6.07, 6.45) is -1.93. The van der Waals surface area contributed by atoms with E-state index in [-0.39, 0.29) is 6.04 Å². The average Bonchev–Trinajstić information content (AvgIpc) is 2.37. The lowest BCUT2D eigenvalue weighted by atomic mass is 10.1. The van der Waals surface area contributed by atoms with Crippen LogP contribution in [0.15, 0.2) is 18.3 Å². The van der Waals surface area contributed by atoms with Gasteiger partial charge >= 0.3 is 6.18 Å². The maximum atomic E-state index is 12.5. The third-order valence-corrected chi connectivity index (χ3v) is 2.97. The molecule has 114 valence electrons. The van der Waals surface area contributed by atoms with Gasteiger partial charge in [-0.25, -0.2) is 4.98 Å². The maximum Gasteiger partial charge on any atom is 0.405 e. The van der Waals surface area contributed by atoms with E-state index in [0.717, 1.165) is 12.1 Å². The molecule has 0 aliphatic rings. The number of anilines is 1. The second-order valence-electron chi connectivity index (χ2n) is 4.77. The van der Waals surface area contributed by atoms with Crippen molar-refractivity contribution in [2.45, 2.75) is 39.4 Å². The fourth-order valence-corrected chi connectivity index (χ4v) is 2.03. The van der Waals surface area contributed by atoms with E-state index in [1.165, 1.54) is 4.90 Å². The summed E-state index contributed by atoms with van der Waals surface area (Å²) < 4.78 is 37.6. The zero-order valence-electron chi connectivity index (χ0n) is 12.2. The molecule has 20 heavy (non-hydrogen) atoms. The number of pyridine rings is 1. The van der Waals surface area contributed by atoms with Crippen molar-refractivity contribution in [1.29, 1.82) is 0 Å². The van der Waals surface area contributed by atoms with Gasteiger partial charge in [0, 0.05) is 18.8 Å². The van der Waals surface area contributed by atoms with Gasteiger partial charge in [0.15, 0.2) is 0 Å². The van der Waals surface area contributed by atoms with Crippen LogP contribution < -0.4 is 10.2 Å². The quantitative estimate of drug-likeness (QED) is 0.832. The molecule has 0 saturated heterocycles. The molecule has 0 aliphatic carbocycles. The first kappa shape index (κ1) is 16.8. The molecule has 1 atom stereocenters. The minimum Gasteiger partial charge on any atom is -0.348 e. The fourth-order valence-electron chi connectivity index (χ4n) is 2.03. The van der Waals surface area contributed by atoms with E-state index in [1.54, 1.807) is 12.3 Å². The van der Waals surface area contributed by atoms with Crippen LogP contribution in [0, 0.1) is 0 Å². The highest BCUT2D eigenvalue weighted by Gasteiger charge is 2.31. The van der Waals surface area contributed by atoms with Crippen LogP contribution in [0.2, 0.25) is 0 Å². The van der Waals surface area contributed by atoms with E-state index >= 15 is 0 Å². The van der Waals surface area contributed by atoms with Crippen LogP contribution in [0.3, 0.4) is 0 Å². The zero-order chi connectivity index (χ0) is 15.2. The SMILES string of the molecule is CCCN(CC(F)(F)F)c1ccc(C(C)NCC)cn1. The Morgan fingerprint density at radius 3 is 2.45 bits per heavy atom. The Kier molecular flexibility index (Phi) is 6.26. The second kappa shape index (κ2) is 7.47. The number of nitrogens with zero attached hydrogens (tertiary/aromatic N) is 2. The topological polar surface area (TPSA) is 28.2 Å². The molecule has 0 aromatic carbocycles. The summed E-state index contributed by atoms with van der Waals surface area (Å²) in [5.74, 6) is 0.372. The molecule has 1 rings (SSSR count). The van der Waals surface area contributed by atoms with Gasteiger partial charge in [-0.15, -0.1) is 0 Å². The van der Waals surface area contributed by atoms with E-state index in [9.17, 15) is 13.2 Å². The number of alkyl halides is 3. The van der Waals surface area contributed by atoms with Gasteiger partial charge in [0.2, 0.25) is 0 Å². The van der Waals surface area contributed by atoms with Gasteiger partial charge in [-0.1, -0.05) is 19.9 Å². The van der Waals surface area contributed by atoms with Crippen molar-refractivity contribution in [3.05, 3.63) is 23.9 Å². The summed E-state index contributed by atoms with van der Waals surface area (Å²) in [5.41, 5.74) is 0.971. The zero-order valence-corrected chi connectivity index (χ0v) is 12.2. The third kappa shape index (κ3) is 5.36. The molecule has 1 heterocycles. The van der Waals surface area contributed by atoms with Crippen LogP contribution in [-0.2, 0) is 0 Å². The molecule has 0 fully saturated rings. The first-order valence-corrected chi connectivity index (χ1v) is 6.88. The molecule has 0 amide bonds. The molecule has 0 bridgehead atoms. The summed E-state index contributed by atoms with van der Waals surface area (Å²) in [6.45, 7) is 6.07. The van der Waals surface area contributed by atoms with Gasteiger partial charge < -0.3 is 10.2 Å². The number of nitrogens with one attached hydrogen (secondary N) is 1. The second-order valence-corrected chi connectivity index (χ2v) is 4.77. The summed E-state index contributed by atoms with van der Waals surface area (Å²) in [6, 6.07) is 3.63. The Hall–Kier alpha value is -1.30. The van der Waals surface area contributed by atoms with Gasteiger partial charge in [-0.2, -0.15) is 13.2 Å². The Labute approximate surface area is 118 Å². The van der Waals surface area contributed by atoms with Crippen LogP contribution in [0.1, 0.15) is 38.8 Å². The highest BCUT2D eigenvalue weighted by Crippen LogP contribution is 2.22. The number of halogens is 3. The molecule has 0 aliphatic heterocycles. The first-order valence-electron chi connectivity index (χ1n) is 6.88. The number of rotatable bonds is 7. The summed E-state index contributed by atoms with van der Waals surface area (Å²) in [4.78, 5) is 5.44. The standard InChI is InChI=1S/C14H22F3N3/c1-4-8-20(10-14(15,16)17)13-7-6-12(9-19-13)11(3)18-5-2/h6-7,9,11,18H,4-5,8,10H2,1-3H3. The third-order valence-electron chi connectivity index (χ3n) is 2.97. The molecule has 1 unspecified atom stereocenters. The molecule has 0 radical (unpaired) electrons. The fraction of sp³-hybridized carbons (Fsp3) is 0.643. The molecular formula is C14H22F3N3. The van der Waals surface area contributed by atoms with Crippen molar-refractivity contribution in [3.63, 3.8) is 0 Å². The van der Waals surface area contributed by atoms with Crippen molar-refractivity contribution in [1.82, 2.24) is 10.3 Å². The highest BCUT2D eigenvalue weighted by atomic mass is 19.4. The minimum atomic E-state index is -4.22. The lowest BCUT2D eigenvalue weighted by Gasteiger charge is -2.24. The van der Waals surface area contributed by atoms with E-state index in [0.29, 0.717) is 18.8 Å². The molecule has 1 aromatic rings. The normalized spacial score (nSPS) is 13.3. The van der Waals surface area contributed by atoms with Crippen molar-refractivity contribution >= 4 is 5.82 Å². The predicted octanol–water partition coefficient (Wildman–Crippen LogP) is 3.53. The Morgan fingerprint density at radius 1 is 1.30 bits per heavy atom. The van der Waals surface area contributed by atoms with Crippen molar-refractivity contribution < 1.29 is 13.2 Å². The number of aromatic nitrogens is 1. The lowest BCUT2D eigenvalue weighted by Crippen LogP contribution is -2.35. The van der Waals surface area contributed by atoms with Crippen LogP contribution in [-0.4, -0.2) is 30.8 Å². The Morgan fingerprint density at radius 2 is 2.00 bits per heavy atom. The van der Waals surface area contributed by atoms with Gasteiger partial charge in [0.25, 0.3) is 0 Å². The molecule has 1 aromatic heterocycles. The molecule has 0 saturated carbocycles. The summed E-state index contributed by atoms with van der Waals surface area (Å²) in [5, 5.41) is 3.24. The van der Waals surface area contributed by atoms with Crippen LogP contribution in [0.4, 0.5) is 19.0 Å². The van der Waals surface area contributed by atoms with Crippen molar-refractivity contribution in [3.8, 4) is 0 Å². The number of hydrogen-bond acceptors (Lipinski definition) is 3. The van der Waals surface area contributed by atoms with Crippen LogP contribution >= 0.6 is 0 Å². The first-order chi connectivity index (χ1) is 9.37. The molecule has 3 nitrogen and oxygen atoms in total. The molecular weight excluding hydrogens is 267 g/mol. The van der Waals surface area contributed by atoms with Gasteiger partial charge in [-0.3, -0.25) is 0 Å². The molecule has 1 N–H and O–H groups in total. The minimum absolute atomic E-state index is 0.142. The molecule has 0 spiro atoms. The Bertz CT molecular complexity index is 390. The highest BCUT2D eigenvalue weighted by molar-refractivity contribution is 5.40. The monoisotopic (exact) mass is 289 g/mol. The van der Waals surface area contributed by atoms with E-state index in [4.69, 9.17) is 0 Å². The lowest BCUT2D eigenvalue weighted by molar-refractivity contribution is -0.119. The largest absolute Gasteiger partial charge is 0.405 e. The van der Waals surface area contributed by atoms with E-state index in [1.807, 2.05) is 26.8 Å². The van der Waals surface area contributed by atoms with Crippen LogP contribution in [0.25, 0.3) is 0 Å². The predicted molar refractivity (Wildman–Crippen MR) is 74.9 cm³/mol. The Balaban J connectivity index is 2.82. The summed E-state index contributed by atoms with van der Waals surface area (Å²) >= 11 is 0. The van der Waals surface area contributed by atoms with E-state index in [2.05, 4.69) is 10.3 Å². The van der Waals surface area contributed by atoms with Crippen molar-refractivity contribution in [2.75, 3.05) is 24.5 Å². The summed E-state index contributed by atoms with van der Waals surface area (Å²) in [7, 11) is 0. The van der Waals surface area contributed by atoms with Gasteiger partial charge in [0.05, 0.1) is 0 Å². The van der Waals surface area contributed by atoms with Gasteiger partial charge in [0.1, 0.15) is 12.4 Å². The molecule has 6 heteroatoms. The van der Waals surface area contributed by atoms with Crippen LogP contribution in [0.5, 0.6) is 0 Å². The maximum absolute atomic E-state index is 12.5.